The fourth-order valence-corrected chi connectivity index (χ4v) is 2.81. The van der Waals surface area contributed by atoms with Crippen LogP contribution < -0.4 is 5.32 Å². The summed E-state index contributed by atoms with van der Waals surface area (Å²) in [5, 5.41) is 2.60. The van der Waals surface area contributed by atoms with Gasteiger partial charge in [-0.15, -0.1) is 0 Å². The molecule has 1 heterocycles. The summed E-state index contributed by atoms with van der Waals surface area (Å²) in [5.41, 5.74) is 1.05. The first-order valence-corrected chi connectivity index (χ1v) is 9.10. The van der Waals surface area contributed by atoms with Gasteiger partial charge in [-0.2, -0.15) is 4.31 Å². The SMILES string of the molecule is CS(=O)(=O)N(CCC(=O)Nc1ccc(F)cc1)Cc1ccccn1. The summed E-state index contributed by atoms with van der Waals surface area (Å²) in [4.78, 5) is 16.0. The molecule has 0 unspecified atom stereocenters. The average Bonchev–Trinajstić information content (AvgIpc) is 2.53. The second kappa shape index (κ2) is 7.98. The van der Waals surface area contributed by atoms with Crippen molar-refractivity contribution in [3.05, 3.63) is 60.2 Å². The molecule has 1 amide bonds. The van der Waals surface area contributed by atoms with Crippen LogP contribution in [-0.2, 0) is 21.4 Å². The van der Waals surface area contributed by atoms with Gasteiger partial charge in [0.25, 0.3) is 0 Å². The minimum atomic E-state index is -3.47. The second-order valence-corrected chi connectivity index (χ2v) is 7.21. The van der Waals surface area contributed by atoms with Crippen LogP contribution in [0.15, 0.2) is 48.7 Å². The largest absolute Gasteiger partial charge is 0.326 e. The zero-order valence-electron chi connectivity index (χ0n) is 13.1. The summed E-state index contributed by atoms with van der Waals surface area (Å²) in [6.07, 6.45) is 2.65. The lowest BCUT2D eigenvalue weighted by molar-refractivity contribution is -0.116. The van der Waals surface area contributed by atoms with Crippen LogP contribution in [0, 0.1) is 5.82 Å². The molecule has 128 valence electrons. The Morgan fingerprint density at radius 1 is 1.21 bits per heavy atom. The van der Waals surface area contributed by atoms with E-state index in [1.165, 1.54) is 28.6 Å². The number of sulfonamides is 1. The molecular formula is C16H18FN3O3S. The summed E-state index contributed by atoms with van der Waals surface area (Å²) >= 11 is 0. The first-order chi connectivity index (χ1) is 11.3. The van der Waals surface area contributed by atoms with Gasteiger partial charge in [-0.1, -0.05) is 6.07 Å². The van der Waals surface area contributed by atoms with E-state index < -0.39 is 15.8 Å². The molecule has 24 heavy (non-hydrogen) atoms. The van der Waals surface area contributed by atoms with Crippen molar-refractivity contribution in [3.63, 3.8) is 0 Å². The van der Waals surface area contributed by atoms with E-state index in [-0.39, 0.29) is 25.4 Å². The maximum atomic E-state index is 12.8. The first-order valence-electron chi connectivity index (χ1n) is 7.25. The van der Waals surface area contributed by atoms with Gasteiger partial charge >= 0.3 is 0 Å². The van der Waals surface area contributed by atoms with Gasteiger partial charge in [-0.3, -0.25) is 9.78 Å². The predicted octanol–water partition coefficient (Wildman–Crippen LogP) is 2.01. The van der Waals surface area contributed by atoms with E-state index in [0.717, 1.165) is 6.26 Å². The van der Waals surface area contributed by atoms with Crippen molar-refractivity contribution in [2.24, 2.45) is 0 Å². The number of amides is 1. The number of anilines is 1. The Labute approximate surface area is 140 Å². The van der Waals surface area contributed by atoms with E-state index in [9.17, 15) is 17.6 Å². The third-order valence-corrected chi connectivity index (χ3v) is 4.50. The number of carbonyl (C=O) groups excluding carboxylic acids is 1. The van der Waals surface area contributed by atoms with Gasteiger partial charge in [0, 0.05) is 24.8 Å². The molecule has 0 spiro atoms. The zero-order chi connectivity index (χ0) is 17.6. The van der Waals surface area contributed by atoms with Crippen molar-refractivity contribution in [1.82, 2.24) is 9.29 Å². The summed E-state index contributed by atoms with van der Waals surface area (Å²) in [6, 6.07) is 10.6. The van der Waals surface area contributed by atoms with Gasteiger partial charge in [0.05, 0.1) is 18.5 Å². The molecule has 0 saturated carbocycles. The molecule has 0 aliphatic carbocycles. The Hall–Kier alpha value is -2.32. The number of halogens is 1. The van der Waals surface area contributed by atoms with Crippen LogP contribution >= 0.6 is 0 Å². The molecule has 1 aromatic heterocycles. The third kappa shape index (κ3) is 5.71. The minimum absolute atomic E-state index is 0.0166. The van der Waals surface area contributed by atoms with E-state index in [0.29, 0.717) is 11.4 Å². The van der Waals surface area contributed by atoms with Crippen LogP contribution in [0.25, 0.3) is 0 Å². The van der Waals surface area contributed by atoms with E-state index in [1.54, 1.807) is 24.4 Å². The highest BCUT2D eigenvalue weighted by molar-refractivity contribution is 7.88. The van der Waals surface area contributed by atoms with Gasteiger partial charge in [0.15, 0.2) is 0 Å². The van der Waals surface area contributed by atoms with Crippen molar-refractivity contribution in [3.8, 4) is 0 Å². The van der Waals surface area contributed by atoms with Crippen LogP contribution in [0.2, 0.25) is 0 Å². The number of nitrogens with one attached hydrogen (secondary N) is 1. The highest BCUT2D eigenvalue weighted by Crippen LogP contribution is 2.10. The molecule has 2 aromatic rings. The van der Waals surface area contributed by atoms with Gasteiger partial charge in [0.1, 0.15) is 5.82 Å². The molecule has 0 bridgehead atoms. The minimum Gasteiger partial charge on any atom is -0.326 e. The number of pyridine rings is 1. The van der Waals surface area contributed by atoms with Crippen LogP contribution in [0.5, 0.6) is 0 Å². The fourth-order valence-electron chi connectivity index (χ4n) is 2.02. The first kappa shape index (κ1) is 18.0. The van der Waals surface area contributed by atoms with Crippen LogP contribution in [0.1, 0.15) is 12.1 Å². The fraction of sp³-hybridized carbons (Fsp3) is 0.250. The van der Waals surface area contributed by atoms with Crippen molar-refractivity contribution in [2.75, 3.05) is 18.1 Å². The van der Waals surface area contributed by atoms with Crippen molar-refractivity contribution < 1.29 is 17.6 Å². The Morgan fingerprint density at radius 2 is 1.92 bits per heavy atom. The van der Waals surface area contributed by atoms with Crippen molar-refractivity contribution in [1.29, 1.82) is 0 Å². The van der Waals surface area contributed by atoms with Gasteiger partial charge in [0.2, 0.25) is 15.9 Å². The molecule has 0 atom stereocenters. The summed E-state index contributed by atoms with van der Waals surface area (Å²) < 4.78 is 37.8. The maximum absolute atomic E-state index is 12.8. The van der Waals surface area contributed by atoms with Gasteiger partial charge in [-0.25, -0.2) is 12.8 Å². The maximum Gasteiger partial charge on any atom is 0.225 e. The molecule has 6 nitrogen and oxygen atoms in total. The van der Waals surface area contributed by atoms with Crippen LogP contribution in [0.4, 0.5) is 10.1 Å². The highest BCUT2D eigenvalue weighted by atomic mass is 32.2. The van der Waals surface area contributed by atoms with E-state index in [4.69, 9.17) is 0 Å². The smallest absolute Gasteiger partial charge is 0.225 e. The lowest BCUT2D eigenvalue weighted by atomic mass is 10.3. The van der Waals surface area contributed by atoms with E-state index in [2.05, 4.69) is 10.3 Å². The van der Waals surface area contributed by atoms with Gasteiger partial charge in [-0.05, 0) is 36.4 Å². The summed E-state index contributed by atoms with van der Waals surface area (Å²) in [5.74, 6) is -0.747. The highest BCUT2D eigenvalue weighted by Gasteiger charge is 2.18. The normalized spacial score (nSPS) is 11.5. The number of rotatable bonds is 7. The third-order valence-electron chi connectivity index (χ3n) is 3.25. The quantitative estimate of drug-likeness (QED) is 0.828. The molecule has 0 radical (unpaired) electrons. The van der Waals surface area contributed by atoms with Gasteiger partial charge < -0.3 is 5.32 Å². The Morgan fingerprint density at radius 3 is 2.50 bits per heavy atom. The number of hydrogen-bond donors (Lipinski definition) is 1. The topological polar surface area (TPSA) is 79.4 Å². The zero-order valence-corrected chi connectivity index (χ0v) is 14.0. The predicted molar refractivity (Wildman–Crippen MR) is 89.1 cm³/mol. The molecular weight excluding hydrogens is 333 g/mol. The van der Waals surface area contributed by atoms with E-state index in [1.807, 2.05) is 0 Å². The monoisotopic (exact) mass is 351 g/mol. The second-order valence-electron chi connectivity index (χ2n) is 5.22. The molecule has 8 heteroatoms. The number of aromatic nitrogens is 1. The Kier molecular flexibility index (Phi) is 5.99. The Bertz CT molecular complexity index is 780. The molecule has 0 aliphatic heterocycles. The number of nitrogens with zero attached hydrogens (tertiary/aromatic N) is 2. The summed E-state index contributed by atoms with van der Waals surface area (Å²) in [7, 11) is -3.47. The van der Waals surface area contributed by atoms with Crippen molar-refractivity contribution >= 4 is 21.6 Å². The molecule has 2 rings (SSSR count). The van der Waals surface area contributed by atoms with E-state index >= 15 is 0 Å². The molecule has 1 N–H and O–H groups in total. The molecule has 1 aromatic carbocycles. The number of hydrogen-bond acceptors (Lipinski definition) is 4. The van der Waals surface area contributed by atoms with Crippen LogP contribution in [-0.4, -0.2) is 36.4 Å². The lowest BCUT2D eigenvalue weighted by Crippen LogP contribution is -2.32. The average molecular weight is 351 g/mol. The lowest BCUT2D eigenvalue weighted by Gasteiger charge is -2.19. The molecule has 0 saturated heterocycles. The molecule has 0 aliphatic rings. The Balaban J connectivity index is 1.95. The summed E-state index contributed by atoms with van der Waals surface area (Å²) in [6.45, 7) is 0.131. The van der Waals surface area contributed by atoms with Crippen molar-refractivity contribution in [2.45, 2.75) is 13.0 Å². The number of benzene rings is 1. The van der Waals surface area contributed by atoms with Crippen LogP contribution in [0.3, 0.4) is 0 Å². The number of carbonyl (C=O) groups is 1. The molecule has 0 fully saturated rings. The standard InChI is InChI=1S/C16H18FN3O3S/c1-24(22,23)20(12-15-4-2-3-10-18-15)11-9-16(21)19-14-7-5-13(17)6-8-14/h2-8,10H,9,11-12H2,1H3,(H,19,21).